The van der Waals surface area contributed by atoms with Crippen LogP contribution in [0.15, 0.2) is 47.6 Å². The third kappa shape index (κ3) is 3.29. The van der Waals surface area contributed by atoms with Crippen LogP contribution in [0.3, 0.4) is 0 Å². The number of halogens is 1. The molecule has 0 atom stereocenters. The fourth-order valence-electron chi connectivity index (χ4n) is 2.03. The molecule has 7 nitrogen and oxygen atoms in total. The largest absolute Gasteiger partial charge is 0.504 e. The molecule has 0 aromatic carbocycles. The lowest BCUT2D eigenvalue weighted by Gasteiger charge is -2.02. The third-order valence-corrected chi connectivity index (χ3v) is 3.47. The molecule has 8 heteroatoms. The molecule has 0 aliphatic heterocycles. The van der Waals surface area contributed by atoms with Crippen LogP contribution in [-0.4, -0.2) is 31.1 Å². The average Bonchev–Trinajstić information content (AvgIpc) is 3.19. The molecular weight excluding hydrogens is 320 g/mol. The van der Waals surface area contributed by atoms with E-state index in [-0.39, 0.29) is 22.4 Å². The number of pyridine rings is 1. The van der Waals surface area contributed by atoms with Crippen molar-refractivity contribution in [1.82, 2.24) is 20.2 Å². The molecule has 3 heterocycles. The van der Waals surface area contributed by atoms with E-state index in [2.05, 4.69) is 20.2 Å². The van der Waals surface area contributed by atoms with Crippen LogP contribution in [0.25, 0.3) is 5.76 Å². The fourth-order valence-corrected chi connectivity index (χ4v) is 2.25. The summed E-state index contributed by atoms with van der Waals surface area (Å²) >= 11 is 6.03. The number of carbonyl (C=O) groups is 1. The lowest BCUT2D eigenvalue weighted by molar-refractivity contribution is 0.104. The average molecular weight is 331 g/mol. The molecule has 0 amide bonds. The molecule has 116 valence electrons. The zero-order valence-electron chi connectivity index (χ0n) is 11.7. The van der Waals surface area contributed by atoms with E-state index in [0.29, 0.717) is 12.0 Å². The molecule has 0 saturated carbocycles. The Labute approximate surface area is 135 Å². The van der Waals surface area contributed by atoms with Crippen LogP contribution in [-0.2, 0) is 6.42 Å². The third-order valence-electron chi connectivity index (χ3n) is 3.15. The highest BCUT2D eigenvalue weighted by Crippen LogP contribution is 2.26. The first kappa shape index (κ1) is 15.0. The van der Waals surface area contributed by atoms with Gasteiger partial charge in [-0.3, -0.25) is 14.9 Å². The van der Waals surface area contributed by atoms with Gasteiger partial charge < -0.3 is 9.52 Å². The number of aliphatic hydroxyl groups excluding tert-OH is 1. The van der Waals surface area contributed by atoms with Gasteiger partial charge in [0.25, 0.3) is 0 Å². The van der Waals surface area contributed by atoms with Gasteiger partial charge in [-0.25, -0.2) is 4.98 Å². The Morgan fingerprint density at radius 3 is 2.87 bits per heavy atom. The smallest absolute Gasteiger partial charge is 0.215 e. The number of aliphatic hydroxyl groups is 1. The Morgan fingerprint density at radius 2 is 2.17 bits per heavy atom. The fraction of sp³-hybridized carbons (Fsp3) is 0.0667. The van der Waals surface area contributed by atoms with Crippen LogP contribution in [0, 0.1) is 0 Å². The standard InChI is InChI=1S/C15H11ClN4O3/c16-14-10(5-9-1-3-17-4-2-9)11(7-23-14)12(21)6-13(22)15-18-8-19-20-15/h1-4,6-8,22H,5H2,(H,18,19,20). The number of hydrogen-bond donors (Lipinski definition) is 2. The molecule has 0 aliphatic carbocycles. The molecule has 0 saturated heterocycles. The topological polar surface area (TPSA) is 105 Å². The highest BCUT2D eigenvalue weighted by Gasteiger charge is 2.19. The van der Waals surface area contributed by atoms with E-state index in [1.54, 1.807) is 12.4 Å². The van der Waals surface area contributed by atoms with Crippen molar-refractivity contribution in [2.24, 2.45) is 0 Å². The second-order valence-corrected chi connectivity index (χ2v) is 4.99. The number of ketones is 1. The number of furan rings is 1. The summed E-state index contributed by atoms with van der Waals surface area (Å²) in [6, 6.07) is 3.64. The zero-order chi connectivity index (χ0) is 16.2. The molecule has 0 radical (unpaired) electrons. The summed E-state index contributed by atoms with van der Waals surface area (Å²) in [4.78, 5) is 20.0. The number of H-pyrrole nitrogens is 1. The minimum atomic E-state index is -0.452. The maximum absolute atomic E-state index is 12.3. The van der Waals surface area contributed by atoms with Gasteiger partial charge in [0, 0.05) is 30.5 Å². The number of aromatic amines is 1. The van der Waals surface area contributed by atoms with Gasteiger partial charge in [0.2, 0.25) is 5.82 Å². The van der Waals surface area contributed by atoms with E-state index < -0.39 is 5.78 Å². The number of nitrogens with one attached hydrogen (secondary N) is 1. The predicted octanol–water partition coefficient (Wildman–Crippen LogP) is 2.82. The summed E-state index contributed by atoms with van der Waals surface area (Å²) in [6.07, 6.45) is 7.31. The van der Waals surface area contributed by atoms with Crippen molar-refractivity contribution in [3.8, 4) is 0 Å². The van der Waals surface area contributed by atoms with Crippen molar-refractivity contribution in [1.29, 1.82) is 0 Å². The van der Waals surface area contributed by atoms with Crippen LogP contribution >= 0.6 is 11.6 Å². The molecule has 23 heavy (non-hydrogen) atoms. The first-order chi connectivity index (χ1) is 11.1. The summed E-state index contributed by atoms with van der Waals surface area (Å²) in [5, 5.41) is 16.1. The monoisotopic (exact) mass is 330 g/mol. The van der Waals surface area contributed by atoms with Gasteiger partial charge >= 0.3 is 0 Å². The molecule has 0 unspecified atom stereocenters. The van der Waals surface area contributed by atoms with E-state index in [9.17, 15) is 9.90 Å². The van der Waals surface area contributed by atoms with Crippen molar-refractivity contribution < 1.29 is 14.3 Å². The summed E-state index contributed by atoms with van der Waals surface area (Å²) in [7, 11) is 0. The first-order valence-electron chi connectivity index (χ1n) is 6.61. The Bertz CT molecular complexity index is 841. The van der Waals surface area contributed by atoms with Crippen molar-refractivity contribution in [2.75, 3.05) is 0 Å². The van der Waals surface area contributed by atoms with Crippen molar-refractivity contribution in [2.45, 2.75) is 6.42 Å². The van der Waals surface area contributed by atoms with Crippen molar-refractivity contribution >= 4 is 23.1 Å². The zero-order valence-corrected chi connectivity index (χ0v) is 12.5. The highest BCUT2D eigenvalue weighted by atomic mass is 35.5. The quantitative estimate of drug-likeness (QED) is 0.423. The lowest BCUT2D eigenvalue weighted by atomic mass is 10.0. The maximum Gasteiger partial charge on any atom is 0.215 e. The number of allylic oxidation sites excluding steroid dienone is 1. The minimum Gasteiger partial charge on any atom is -0.504 e. The van der Waals surface area contributed by atoms with Crippen LogP contribution in [0.2, 0.25) is 5.22 Å². The van der Waals surface area contributed by atoms with Crippen LogP contribution in [0.4, 0.5) is 0 Å². The Kier molecular flexibility index (Phi) is 4.20. The number of rotatable bonds is 5. The second kappa shape index (κ2) is 6.45. The molecule has 0 spiro atoms. The van der Waals surface area contributed by atoms with E-state index >= 15 is 0 Å². The molecular formula is C15H11ClN4O3. The van der Waals surface area contributed by atoms with Crippen molar-refractivity contribution in [3.63, 3.8) is 0 Å². The molecule has 3 rings (SSSR count). The molecule has 0 aliphatic rings. The summed E-state index contributed by atoms with van der Waals surface area (Å²) in [5.41, 5.74) is 1.75. The summed E-state index contributed by atoms with van der Waals surface area (Å²) < 4.78 is 5.14. The van der Waals surface area contributed by atoms with Gasteiger partial charge in [-0.2, -0.15) is 5.10 Å². The first-order valence-corrected chi connectivity index (χ1v) is 6.99. The minimum absolute atomic E-state index is 0.0311. The number of hydrogen-bond acceptors (Lipinski definition) is 6. The van der Waals surface area contributed by atoms with E-state index in [1.165, 1.54) is 12.6 Å². The van der Waals surface area contributed by atoms with Gasteiger partial charge in [0.15, 0.2) is 16.8 Å². The van der Waals surface area contributed by atoms with Gasteiger partial charge in [-0.15, -0.1) is 0 Å². The highest BCUT2D eigenvalue weighted by molar-refractivity contribution is 6.30. The maximum atomic E-state index is 12.3. The molecule has 3 aromatic rings. The molecule has 2 N–H and O–H groups in total. The Hall–Kier alpha value is -2.93. The van der Waals surface area contributed by atoms with Crippen molar-refractivity contribution in [3.05, 3.63) is 70.9 Å². The number of carbonyl (C=O) groups excluding carboxylic acids is 1. The predicted molar refractivity (Wildman–Crippen MR) is 82.1 cm³/mol. The Balaban J connectivity index is 1.89. The molecule has 0 bridgehead atoms. The lowest BCUT2D eigenvalue weighted by Crippen LogP contribution is -2.01. The summed E-state index contributed by atoms with van der Waals surface area (Å²) in [6.45, 7) is 0. The molecule has 0 fully saturated rings. The molecule has 3 aromatic heterocycles. The Morgan fingerprint density at radius 1 is 1.39 bits per heavy atom. The number of aromatic nitrogens is 4. The normalized spacial score (nSPS) is 11.6. The summed E-state index contributed by atoms with van der Waals surface area (Å²) in [5.74, 6) is -0.765. The van der Waals surface area contributed by atoms with Gasteiger partial charge in [0.1, 0.15) is 12.6 Å². The van der Waals surface area contributed by atoms with Crippen LogP contribution < -0.4 is 0 Å². The van der Waals surface area contributed by atoms with Gasteiger partial charge in [0.05, 0.1) is 5.56 Å². The second-order valence-electron chi connectivity index (χ2n) is 4.65. The van der Waals surface area contributed by atoms with Gasteiger partial charge in [-0.05, 0) is 29.3 Å². The van der Waals surface area contributed by atoms with E-state index in [1.807, 2.05) is 12.1 Å². The van der Waals surface area contributed by atoms with E-state index in [0.717, 1.165) is 11.6 Å². The van der Waals surface area contributed by atoms with E-state index in [4.69, 9.17) is 16.0 Å². The SMILES string of the molecule is O=C(C=C(O)c1nc[nH]n1)c1coc(Cl)c1Cc1ccncc1. The van der Waals surface area contributed by atoms with Crippen LogP contribution in [0.5, 0.6) is 0 Å². The number of nitrogens with zero attached hydrogens (tertiary/aromatic N) is 3. The van der Waals surface area contributed by atoms with Gasteiger partial charge in [-0.1, -0.05) is 0 Å². The van der Waals surface area contributed by atoms with Crippen LogP contribution in [0.1, 0.15) is 27.3 Å².